The Kier molecular flexibility index (Phi) is 5.04. The summed E-state index contributed by atoms with van der Waals surface area (Å²) in [4.78, 5) is 0.185. The van der Waals surface area contributed by atoms with Gasteiger partial charge in [0, 0.05) is 6.54 Å². The first-order valence-corrected chi connectivity index (χ1v) is 9.37. The van der Waals surface area contributed by atoms with E-state index in [2.05, 4.69) is 15.8 Å². The highest BCUT2D eigenvalue weighted by atomic mass is 32.2. The molecule has 0 bridgehead atoms. The monoisotopic (exact) mass is 315 g/mol. The zero-order valence-corrected chi connectivity index (χ0v) is 13.3. The first kappa shape index (κ1) is 15.3. The van der Waals surface area contributed by atoms with E-state index in [-0.39, 0.29) is 16.5 Å². The molecule has 0 atom stereocenters. The van der Waals surface area contributed by atoms with Crippen molar-refractivity contribution in [3.63, 3.8) is 0 Å². The van der Waals surface area contributed by atoms with Crippen molar-refractivity contribution in [1.29, 1.82) is 0 Å². The molecule has 0 aliphatic heterocycles. The molecule has 112 valence electrons. The van der Waals surface area contributed by atoms with Crippen LogP contribution < -0.4 is 11.1 Å². The molecule has 1 aromatic heterocycles. The molecule has 0 radical (unpaired) electrons. The van der Waals surface area contributed by atoms with Crippen LogP contribution in [0.1, 0.15) is 39.0 Å². The summed E-state index contributed by atoms with van der Waals surface area (Å²) in [5.74, 6) is 0.223. The highest BCUT2D eigenvalue weighted by molar-refractivity contribution is 7.91. The molecule has 0 aromatic carbocycles. The zero-order chi connectivity index (χ0) is 14.6. The first-order valence-electron chi connectivity index (χ1n) is 6.94. The number of rotatable bonds is 7. The van der Waals surface area contributed by atoms with E-state index in [0.29, 0.717) is 11.4 Å². The second-order valence-electron chi connectivity index (χ2n) is 4.98. The van der Waals surface area contributed by atoms with Crippen molar-refractivity contribution in [1.82, 2.24) is 4.37 Å². The van der Waals surface area contributed by atoms with Crippen LogP contribution in [0.2, 0.25) is 0 Å². The summed E-state index contributed by atoms with van der Waals surface area (Å²) in [6, 6.07) is 0. The lowest BCUT2D eigenvalue weighted by atomic mass is 10.2. The van der Waals surface area contributed by atoms with Gasteiger partial charge in [0.1, 0.15) is 9.90 Å². The predicted octanol–water partition coefficient (Wildman–Crippen LogP) is 2.82. The summed E-state index contributed by atoms with van der Waals surface area (Å²) in [6.07, 6.45) is 7.36. The molecule has 1 aliphatic carbocycles. The maximum absolute atomic E-state index is 12.2. The van der Waals surface area contributed by atoms with E-state index in [1.165, 1.54) is 18.4 Å². The van der Waals surface area contributed by atoms with Crippen molar-refractivity contribution in [2.45, 2.75) is 43.9 Å². The molecule has 20 heavy (non-hydrogen) atoms. The molecular weight excluding hydrogens is 294 g/mol. The highest BCUT2D eigenvalue weighted by Gasteiger charge is 2.24. The van der Waals surface area contributed by atoms with Crippen molar-refractivity contribution < 1.29 is 8.42 Å². The molecule has 0 saturated carbocycles. The van der Waals surface area contributed by atoms with Gasteiger partial charge in [0.2, 0.25) is 0 Å². The Bertz CT molecular complexity index is 591. The van der Waals surface area contributed by atoms with E-state index in [0.717, 1.165) is 30.9 Å². The Morgan fingerprint density at radius 3 is 2.95 bits per heavy atom. The number of sulfone groups is 1. The van der Waals surface area contributed by atoms with E-state index in [9.17, 15) is 8.42 Å². The Balaban J connectivity index is 2.05. The number of nitrogens with zero attached hydrogens (tertiary/aromatic N) is 1. The number of aromatic nitrogens is 1. The van der Waals surface area contributed by atoms with Crippen LogP contribution in [0.25, 0.3) is 0 Å². The lowest BCUT2D eigenvalue weighted by Crippen LogP contribution is -2.11. The fraction of sp³-hybridized carbons (Fsp3) is 0.615. The van der Waals surface area contributed by atoms with Crippen LogP contribution in [0.15, 0.2) is 16.5 Å². The number of nitrogens with two attached hydrogens (primary N) is 1. The normalized spacial score (nSPS) is 15.3. The number of allylic oxidation sites excluding steroid dienone is 1. The van der Waals surface area contributed by atoms with Crippen molar-refractivity contribution in [3.05, 3.63) is 11.6 Å². The van der Waals surface area contributed by atoms with Gasteiger partial charge in [0.05, 0.1) is 5.75 Å². The summed E-state index contributed by atoms with van der Waals surface area (Å²) in [5, 5.41) is 3.76. The molecule has 1 aromatic rings. The molecule has 7 heteroatoms. The predicted molar refractivity (Wildman–Crippen MR) is 83.9 cm³/mol. The van der Waals surface area contributed by atoms with Gasteiger partial charge in [-0.1, -0.05) is 18.6 Å². The molecule has 0 fully saturated rings. The Hall–Kier alpha value is -1.08. The van der Waals surface area contributed by atoms with Gasteiger partial charge in [-0.2, -0.15) is 4.37 Å². The minimum atomic E-state index is -3.33. The maximum atomic E-state index is 12.2. The fourth-order valence-electron chi connectivity index (χ4n) is 2.38. The smallest absolute Gasteiger partial charge is 0.185 e. The van der Waals surface area contributed by atoms with Crippen LogP contribution in [-0.2, 0) is 9.84 Å². The molecule has 1 aliphatic rings. The fourth-order valence-corrected chi connectivity index (χ4v) is 5.02. The second-order valence-corrected chi connectivity index (χ2v) is 7.80. The summed E-state index contributed by atoms with van der Waals surface area (Å²) in [7, 11) is -3.33. The largest absolute Gasteiger partial charge is 0.382 e. The van der Waals surface area contributed by atoms with Crippen LogP contribution in [0.5, 0.6) is 0 Å². The first-order chi connectivity index (χ1) is 9.54. The van der Waals surface area contributed by atoms with E-state index in [1.54, 1.807) is 0 Å². The SMILES string of the molecule is CCCS(=O)(=O)c1c(N)nsc1NCCC1=CCCC1. The molecule has 0 amide bonds. The summed E-state index contributed by atoms with van der Waals surface area (Å²) >= 11 is 1.13. The molecule has 0 spiro atoms. The maximum Gasteiger partial charge on any atom is 0.185 e. The van der Waals surface area contributed by atoms with Gasteiger partial charge in [-0.05, 0) is 43.6 Å². The number of hydrogen-bond donors (Lipinski definition) is 2. The average Bonchev–Trinajstić information content (AvgIpc) is 2.99. The van der Waals surface area contributed by atoms with E-state index < -0.39 is 9.84 Å². The van der Waals surface area contributed by atoms with Crippen molar-refractivity contribution >= 4 is 32.2 Å². The Morgan fingerprint density at radius 2 is 2.30 bits per heavy atom. The molecule has 3 N–H and O–H groups in total. The zero-order valence-electron chi connectivity index (χ0n) is 11.7. The minimum Gasteiger partial charge on any atom is -0.382 e. The van der Waals surface area contributed by atoms with Crippen molar-refractivity contribution in [2.75, 3.05) is 23.3 Å². The highest BCUT2D eigenvalue weighted by Crippen LogP contribution is 2.32. The van der Waals surface area contributed by atoms with Crippen molar-refractivity contribution in [2.24, 2.45) is 0 Å². The molecule has 0 unspecified atom stereocenters. The lowest BCUT2D eigenvalue weighted by Gasteiger charge is -2.08. The average molecular weight is 315 g/mol. The van der Waals surface area contributed by atoms with E-state index in [1.807, 2.05) is 6.92 Å². The summed E-state index contributed by atoms with van der Waals surface area (Å²) in [5.41, 5.74) is 7.17. The quantitative estimate of drug-likeness (QED) is 0.756. The molecule has 1 heterocycles. The lowest BCUT2D eigenvalue weighted by molar-refractivity contribution is 0.595. The van der Waals surface area contributed by atoms with Crippen LogP contribution in [0.3, 0.4) is 0 Å². The van der Waals surface area contributed by atoms with Gasteiger partial charge in [-0.25, -0.2) is 8.42 Å². The Labute approximate surface area is 124 Å². The van der Waals surface area contributed by atoms with Crippen LogP contribution in [0, 0.1) is 0 Å². The van der Waals surface area contributed by atoms with Gasteiger partial charge in [-0.3, -0.25) is 0 Å². The van der Waals surface area contributed by atoms with E-state index in [4.69, 9.17) is 5.73 Å². The number of hydrogen-bond acceptors (Lipinski definition) is 6. The Morgan fingerprint density at radius 1 is 1.50 bits per heavy atom. The summed E-state index contributed by atoms with van der Waals surface area (Å²) in [6.45, 7) is 2.56. The number of nitrogen functional groups attached to an aromatic ring is 1. The van der Waals surface area contributed by atoms with Gasteiger partial charge in [0.25, 0.3) is 0 Å². The minimum absolute atomic E-state index is 0.107. The molecular formula is C13H21N3O2S2. The number of anilines is 2. The third kappa shape index (κ3) is 3.52. The van der Waals surface area contributed by atoms with Gasteiger partial charge in [-0.15, -0.1) is 0 Å². The molecule has 0 saturated heterocycles. The van der Waals surface area contributed by atoms with E-state index >= 15 is 0 Å². The van der Waals surface area contributed by atoms with Crippen molar-refractivity contribution in [3.8, 4) is 0 Å². The molecule has 5 nitrogen and oxygen atoms in total. The third-order valence-electron chi connectivity index (χ3n) is 3.32. The number of nitrogens with one attached hydrogen (secondary N) is 1. The van der Waals surface area contributed by atoms with Gasteiger partial charge < -0.3 is 11.1 Å². The second kappa shape index (κ2) is 6.58. The summed E-state index contributed by atoms with van der Waals surface area (Å²) < 4.78 is 28.4. The van der Waals surface area contributed by atoms with Crippen LogP contribution >= 0.6 is 11.5 Å². The van der Waals surface area contributed by atoms with Gasteiger partial charge in [0.15, 0.2) is 15.7 Å². The topological polar surface area (TPSA) is 85.1 Å². The standard InChI is InChI=1S/C13H21N3O2S2/c1-2-9-20(17,18)11-12(14)16-19-13(11)15-8-7-10-5-3-4-6-10/h5,15H,2-4,6-9H2,1H3,(H2,14,16). The van der Waals surface area contributed by atoms with Crippen LogP contribution in [-0.4, -0.2) is 25.1 Å². The van der Waals surface area contributed by atoms with Crippen LogP contribution in [0.4, 0.5) is 10.8 Å². The third-order valence-corrected chi connectivity index (χ3v) is 6.25. The molecule has 2 rings (SSSR count). The van der Waals surface area contributed by atoms with Gasteiger partial charge >= 0.3 is 0 Å².